The summed E-state index contributed by atoms with van der Waals surface area (Å²) in [6, 6.07) is -0.457. The minimum atomic E-state index is -0.430. The van der Waals surface area contributed by atoms with Crippen molar-refractivity contribution in [2.45, 2.75) is 91.5 Å². The fraction of sp³-hybridized carbons (Fsp3) is 0.815. The maximum Gasteiger partial charge on any atom is 0.242 e. The highest BCUT2D eigenvalue weighted by molar-refractivity contribution is 5.87. The number of likely N-dealkylation sites (N-methyl/N-ethyl adjacent to an activating group) is 2. The lowest BCUT2D eigenvalue weighted by Gasteiger charge is -2.38. The molecule has 0 saturated carbocycles. The molecule has 0 bridgehead atoms. The van der Waals surface area contributed by atoms with Crippen LogP contribution in [0, 0.1) is 11.8 Å². The first-order valence-electron chi connectivity index (χ1n) is 13.0. The Labute approximate surface area is 213 Å². The number of carbonyl (C=O) groups is 3. The number of allylic oxidation sites excluding steroid dienone is 1. The van der Waals surface area contributed by atoms with Crippen molar-refractivity contribution in [1.29, 1.82) is 0 Å². The smallest absolute Gasteiger partial charge is 0.242 e. The minimum Gasteiger partial charge on any atom is -0.379 e. The predicted molar refractivity (Wildman–Crippen MR) is 141 cm³/mol. The van der Waals surface area contributed by atoms with Gasteiger partial charge in [-0.25, -0.2) is 0 Å². The van der Waals surface area contributed by atoms with E-state index >= 15 is 0 Å². The number of amides is 3. The normalized spacial score (nSPS) is 19.3. The molecule has 1 rings (SSSR count). The Kier molecular flexibility index (Phi) is 13.0. The van der Waals surface area contributed by atoms with E-state index in [-0.39, 0.29) is 60.6 Å². The van der Waals surface area contributed by atoms with Crippen molar-refractivity contribution >= 4 is 17.7 Å². The molecular formula is C27H50N4O4. The Hall–Kier alpha value is -1.93. The zero-order chi connectivity index (χ0) is 26.9. The summed E-state index contributed by atoms with van der Waals surface area (Å²) in [5.41, 5.74) is 1.21. The minimum absolute atomic E-state index is 0.0602. The van der Waals surface area contributed by atoms with Crippen LogP contribution >= 0.6 is 0 Å². The van der Waals surface area contributed by atoms with Gasteiger partial charge in [0.25, 0.3) is 0 Å². The molecule has 8 heteroatoms. The van der Waals surface area contributed by atoms with Crippen LogP contribution in [0.3, 0.4) is 0 Å². The van der Waals surface area contributed by atoms with Crippen LogP contribution in [-0.4, -0.2) is 98.0 Å². The lowest BCUT2D eigenvalue weighted by Crippen LogP contribution is -2.54. The zero-order valence-corrected chi connectivity index (χ0v) is 23.8. The summed E-state index contributed by atoms with van der Waals surface area (Å²) in [6.07, 6.45) is 4.76. The molecule has 0 aromatic carbocycles. The van der Waals surface area contributed by atoms with E-state index in [1.54, 1.807) is 19.1 Å². The Balaban J connectivity index is 2.96. The maximum absolute atomic E-state index is 13.3. The van der Waals surface area contributed by atoms with Gasteiger partial charge < -0.3 is 19.9 Å². The van der Waals surface area contributed by atoms with Gasteiger partial charge in [-0.2, -0.15) is 0 Å². The van der Waals surface area contributed by atoms with Gasteiger partial charge in [-0.3, -0.25) is 19.3 Å². The summed E-state index contributed by atoms with van der Waals surface area (Å²) in [4.78, 5) is 44.6. The molecule has 1 saturated heterocycles. The topological polar surface area (TPSA) is 82.2 Å². The molecule has 35 heavy (non-hydrogen) atoms. The standard InChI is InChI=1S/C27H50N4O4/c1-11-20(6)26(30(9)24(33)17-28-27(34)25(19(4)5)29(7)8)22(35-10)16-23(32)31-14-12-13-21(31)15-18(2)3/h15,19-22,25-26H,11-14,16-17H2,1-10H3,(H,28,34). The van der Waals surface area contributed by atoms with Gasteiger partial charge in [0.2, 0.25) is 17.7 Å². The molecule has 5 atom stereocenters. The molecule has 1 heterocycles. The van der Waals surface area contributed by atoms with E-state index in [9.17, 15) is 14.4 Å². The second kappa shape index (κ2) is 14.6. The summed E-state index contributed by atoms with van der Waals surface area (Å²) in [7, 11) is 7.07. The van der Waals surface area contributed by atoms with E-state index in [4.69, 9.17) is 4.74 Å². The van der Waals surface area contributed by atoms with Crippen molar-refractivity contribution in [3.8, 4) is 0 Å². The molecule has 0 aliphatic carbocycles. The maximum atomic E-state index is 13.3. The Morgan fingerprint density at radius 1 is 1.14 bits per heavy atom. The average Bonchev–Trinajstić information content (AvgIpc) is 3.23. The van der Waals surface area contributed by atoms with E-state index in [2.05, 4.69) is 39.1 Å². The summed E-state index contributed by atoms with van der Waals surface area (Å²) < 4.78 is 5.83. The van der Waals surface area contributed by atoms with Gasteiger partial charge in [0.1, 0.15) is 0 Å². The molecule has 3 amide bonds. The van der Waals surface area contributed by atoms with Gasteiger partial charge in [-0.1, -0.05) is 45.8 Å². The van der Waals surface area contributed by atoms with E-state index < -0.39 is 6.10 Å². The number of rotatable bonds is 13. The Morgan fingerprint density at radius 3 is 2.26 bits per heavy atom. The van der Waals surface area contributed by atoms with Crippen LogP contribution in [0.2, 0.25) is 0 Å². The van der Waals surface area contributed by atoms with E-state index in [1.807, 2.05) is 37.7 Å². The molecule has 1 aliphatic rings. The van der Waals surface area contributed by atoms with Crippen LogP contribution in [-0.2, 0) is 19.1 Å². The SMILES string of the molecule is CCC(C)C(C(CC(=O)N1CCCC1C=C(C)C)OC)N(C)C(=O)CNC(=O)C(C(C)C)N(C)C. The number of carbonyl (C=O) groups excluding carboxylic acids is 3. The van der Waals surface area contributed by atoms with E-state index in [1.165, 1.54) is 5.57 Å². The van der Waals surface area contributed by atoms with Crippen LogP contribution in [0.15, 0.2) is 11.6 Å². The first-order valence-corrected chi connectivity index (χ1v) is 13.0. The highest BCUT2D eigenvalue weighted by Gasteiger charge is 2.36. The first-order chi connectivity index (χ1) is 16.3. The molecule has 202 valence electrons. The largest absolute Gasteiger partial charge is 0.379 e. The Morgan fingerprint density at radius 2 is 1.77 bits per heavy atom. The van der Waals surface area contributed by atoms with Crippen LogP contribution in [0.5, 0.6) is 0 Å². The van der Waals surface area contributed by atoms with Crippen molar-refractivity contribution in [2.75, 3.05) is 41.3 Å². The third-order valence-electron chi connectivity index (χ3n) is 7.14. The number of likely N-dealkylation sites (tertiary alicyclic amines) is 1. The summed E-state index contributed by atoms with van der Waals surface area (Å²) in [5, 5.41) is 2.81. The van der Waals surface area contributed by atoms with Crippen LogP contribution in [0.4, 0.5) is 0 Å². The molecule has 8 nitrogen and oxygen atoms in total. The molecule has 1 aliphatic heterocycles. The van der Waals surface area contributed by atoms with Gasteiger partial charge in [0.15, 0.2) is 0 Å². The van der Waals surface area contributed by atoms with Crippen molar-refractivity contribution in [3.63, 3.8) is 0 Å². The zero-order valence-electron chi connectivity index (χ0n) is 23.8. The molecular weight excluding hydrogens is 444 g/mol. The molecule has 5 unspecified atom stereocenters. The van der Waals surface area contributed by atoms with Gasteiger partial charge in [0.05, 0.1) is 37.2 Å². The van der Waals surface area contributed by atoms with Gasteiger partial charge >= 0.3 is 0 Å². The highest BCUT2D eigenvalue weighted by atomic mass is 16.5. The summed E-state index contributed by atoms with van der Waals surface area (Å²) >= 11 is 0. The van der Waals surface area contributed by atoms with Crippen LogP contribution in [0.1, 0.15) is 67.2 Å². The van der Waals surface area contributed by atoms with Gasteiger partial charge in [-0.15, -0.1) is 0 Å². The quantitative estimate of drug-likeness (QED) is 0.398. The van der Waals surface area contributed by atoms with Gasteiger partial charge in [-0.05, 0) is 52.6 Å². The second-order valence-electron chi connectivity index (χ2n) is 10.8. The average molecular weight is 495 g/mol. The fourth-order valence-electron chi connectivity index (χ4n) is 5.22. The predicted octanol–water partition coefficient (Wildman–Crippen LogP) is 2.92. The molecule has 0 radical (unpaired) electrons. The lowest BCUT2D eigenvalue weighted by molar-refractivity contribution is -0.142. The fourth-order valence-corrected chi connectivity index (χ4v) is 5.22. The number of ether oxygens (including phenoxy) is 1. The van der Waals surface area contributed by atoms with Crippen molar-refractivity contribution in [1.82, 2.24) is 20.0 Å². The number of methoxy groups -OCH3 is 1. The molecule has 0 aromatic heterocycles. The molecule has 0 spiro atoms. The number of hydrogen-bond acceptors (Lipinski definition) is 5. The van der Waals surface area contributed by atoms with Gasteiger partial charge in [0, 0.05) is 20.7 Å². The number of nitrogens with one attached hydrogen (secondary N) is 1. The second-order valence-corrected chi connectivity index (χ2v) is 10.8. The lowest BCUT2D eigenvalue weighted by atomic mass is 9.90. The molecule has 0 aromatic rings. The molecule has 1 N–H and O–H groups in total. The number of hydrogen-bond donors (Lipinski definition) is 1. The monoisotopic (exact) mass is 494 g/mol. The van der Waals surface area contributed by atoms with Crippen LogP contribution in [0.25, 0.3) is 0 Å². The summed E-state index contributed by atoms with van der Waals surface area (Å²) in [6.45, 7) is 12.9. The van der Waals surface area contributed by atoms with E-state index in [0.717, 1.165) is 25.8 Å². The molecule has 1 fully saturated rings. The Bertz CT molecular complexity index is 725. The third-order valence-corrected chi connectivity index (χ3v) is 7.14. The first kappa shape index (κ1) is 31.1. The number of nitrogens with zero attached hydrogens (tertiary/aromatic N) is 3. The van der Waals surface area contributed by atoms with Crippen molar-refractivity contribution in [3.05, 3.63) is 11.6 Å². The summed E-state index contributed by atoms with van der Waals surface area (Å²) in [5.74, 6) is -0.0530. The third kappa shape index (κ3) is 8.90. The van der Waals surface area contributed by atoms with Crippen molar-refractivity contribution in [2.24, 2.45) is 11.8 Å². The highest BCUT2D eigenvalue weighted by Crippen LogP contribution is 2.25. The van der Waals surface area contributed by atoms with E-state index in [0.29, 0.717) is 0 Å². The van der Waals surface area contributed by atoms with Crippen molar-refractivity contribution < 1.29 is 19.1 Å². The van der Waals surface area contributed by atoms with Crippen LogP contribution < -0.4 is 5.32 Å².